The summed E-state index contributed by atoms with van der Waals surface area (Å²) in [6, 6.07) is 8.11. The molecule has 0 spiro atoms. The molecule has 1 aromatic rings. The Labute approximate surface area is 162 Å². The number of ether oxygens (including phenoxy) is 2. The number of guanidine groups is 1. The second-order valence-electron chi connectivity index (χ2n) is 6.05. The summed E-state index contributed by atoms with van der Waals surface area (Å²) in [6.07, 6.45) is 2.08. The summed E-state index contributed by atoms with van der Waals surface area (Å²) in [5, 5.41) is 3.40. The quantitative estimate of drug-likeness (QED) is 0.302. The summed E-state index contributed by atoms with van der Waals surface area (Å²) in [4.78, 5) is 6.53. The van der Waals surface area contributed by atoms with Crippen LogP contribution in [0.1, 0.15) is 18.4 Å². The van der Waals surface area contributed by atoms with E-state index in [1.807, 2.05) is 25.2 Å². The predicted octanol–water partition coefficient (Wildman–Crippen LogP) is 2.93. The number of hydrogen-bond donors (Lipinski definition) is 1. The van der Waals surface area contributed by atoms with Gasteiger partial charge in [0.1, 0.15) is 5.75 Å². The highest BCUT2D eigenvalue weighted by atomic mass is 127. The van der Waals surface area contributed by atoms with E-state index in [1.165, 1.54) is 5.56 Å². The van der Waals surface area contributed by atoms with E-state index >= 15 is 0 Å². The van der Waals surface area contributed by atoms with E-state index in [1.54, 1.807) is 0 Å². The van der Waals surface area contributed by atoms with Gasteiger partial charge in [0.25, 0.3) is 0 Å². The number of aliphatic imine (C=N–C) groups is 1. The van der Waals surface area contributed by atoms with Crippen molar-refractivity contribution in [2.45, 2.75) is 19.8 Å². The molecule has 5 nitrogen and oxygen atoms in total. The summed E-state index contributed by atoms with van der Waals surface area (Å²) in [7, 11) is 3.91. The Hall–Kier alpha value is -1.02. The van der Waals surface area contributed by atoms with E-state index in [0.717, 1.165) is 50.9 Å². The first-order chi connectivity index (χ1) is 11.2. The second-order valence-corrected chi connectivity index (χ2v) is 6.05. The molecule has 1 heterocycles. The maximum absolute atomic E-state index is 5.81. The van der Waals surface area contributed by atoms with Gasteiger partial charge in [-0.3, -0.25) is 4.99 Å². The van der Waals surface area contributed by atoms with Crippen LogP contribution in [0, 0.1) is 12.8 Å². The van der Waals surface area contributed by atoms with Crippen molar-refractivity contribution in [1.82, 2.24) is 10.2 Å². The molecular formula is C18H30IN3O2. The first-order valence-electron chi connectivity index (χ1n) is 8.38. The normalized spacial score (nSPS) is 17.3. The monoisotopic (exact) mass is 447 g/mol. The molecular weight excluding hydrogens is 417 g/mol. The predicted molar refractivity (Wildman–Crippen MR) is 110 cm³/mol. The lowest BCUT2D eigenvalue weighted by Gasteiger charge is -2.24. The van der Waals surface area contributed by atoms with Crippen molar-refractivity contribution in [3.63, 3.8) is 0 Å². The summed E-state index contributed by atoms with van der Waals surface area (Å²) in [5.41, 5.74) is 1.18. The Balaban J connectivity index is 0.00000288. The zero-order valence-electron chi connectivity index (χ0n) is 15.0. The van der Waals surface area contributed by atoms with Crippen LogP contribution in [0.5, 0.6) is 5.75 Å². The van der Waals surface area contributed by atoms with Gasteiger partial charge in [0.05, 0.1) is 13.2 Å². The van der Waals surface area contributed by atoms with E-state index in [4.69, 9.17) is 9.47 Å². The molecule has 0 aliphatic carbocycles. The van der Waals surface area contributed by atoms with Gasteiger partial charge >= 0.3 is 0 Å². The average Bonchev–Trinajstić information content (AvgIpc) is 3.05. The molecule has 1 unspecified atom stereocenters. The first-order valence-corrected chi connectivity index (χ1v) is 8.38. The van der Waals surface area contributed by atoms with Crippen LogP contribution in [-0.2, 0) is 4.74 Å². The van der Waals surface area contributed by atoms with Crippen molar-refractivity contribution in [2.24, 2.45) is 10.9 Å². The van der Waals surface area contributed by atoms with E-state index in [0.29, 0.717) is 12.5 Å². The number of halogens is 1. The summed E-state index contributed by atoms with van der Waals surface area (Å²) >= 11 is 0. The van der Waals surface area contributed by atoms with E-state index in [2.05, 4.69) is 35.2 Å². The third-order valence-electron chi connectivity index (χ3n) is 4.08. The molecule has 6 heteroatoms. The maximum Gasteiger partial charge on any atom is 0.193 e. The first kappa shape index (κ1) is 21.0. The lowest BCUT2D eigenvalue weighted by atomic mass is 10.1. The van der Waals surface area contributed by atoms with Crippen molar-refractivity contribution in [3.8, 4) is 5.75 Å². The van der Waals surface area contributed by atoms with Crippen molar-refractivity contribution in [2.75, 3.05) is 47.0 Å². The van der Waals surface area contributed by atoms with Crippen LogP contribution < -0.4 is 10.1 Å². The zero-order valence-corrected chi connectivity index (χ0v) is 17.3. The lowest BCUT2D eigenvalue weighted by Crippen LogP contribution is -2.42. The highest BCUT2D eigenvalue weighted by Crippen LogP contribution is 2.16. The van der Waals surface area contributed by atoms with Gasteiger partial charge in [-0.1, -0.05) is 18.2 Å². The van der Waals surface area contributed by atoms with Gasteiger partial charge in [0.2, 0.25) is 0 Å². The van der Waals surface area contributed by atoms with Crippen LogP contribution >= 0.6 is 24.0 Å². The van der Waals surface area contributed by atoms with Gasteiger partial charge in [-0.2, -0.15) is 0 Å². The van der Waals surface area contributed by atoms with Crippen molar-refractivity contribution < 1.29 is 9.47 Å². The Morgan fingerprint density at radius 2 is 2.21 bits per heavy atom. The molecule has 1 saturated heterocycles. The smallest absolute Gasteiger partial charge is 0.193 e. The lowest BCUT2D eigenvalue weighted by molar-refractivity contribution is 0.181. The number of aryl methyl sites for hydroxylation is 1. The molecule has 0 radical (unpaired) electrons. The average molecular weight is 447 g/mol. The second kappa shape index (κ2) is 11.5. The molecule has 1 fully saturated rings. The van der Waals surface area contributed by atoms with Gasteiger partial charge in [-0.05, 0) is 31.4 Å². The minimum atomic E-state index is 0. The SMILES string of the molecule is CN=C(NCCCOc1ccccc1C)N(C)CC1CCOC1.I. The number of nitrogens with zero attached hydrogens (tertiary/aromatic N) is 2. The molecule has 1 aliphatic rings. The van der Waals surface area contributed by atoms with Gasteiger partial charge in [0, 0.05) is 39.7 Å². The van der Waals surface area contributed by atoms with Crippen LogP contribution in [0.3, 0.4) is 0 Å². The Kier molecular flexibility index (Phi) is 10.1. The standard InChI is InChI=1S/C18H29N3O2.HI/c1-15-7-4-5-8-17(15)23-11-6-10-20-18(19-2)21(3)13-16-9-12-22-14-16;/h4-5,7-8,16H,6,9-14H2,1-3H3,(H,19,20);1H. The molecule has 2 rings (SSSR count). The molecule has 1 atom stereocenters. The van der Waals surface area contributed by atoms with Gasteiger partial charge in [-0.15, -0.1) is 24.0 Å². The molecule has 1 N–H and O–H groups in total. The number of nitrogens with one attached hydrogen (secondary N) is 1. The van der Waals surface area contributed by atoms with Crippen LogP contribution in [0.4, 0.5) is 0 Å². The number of hydrogen-bond acceptors (Lipinski definition) is 3. The fourth-order valence-electron chi connectivity index (χ4n) is 2.76. The van der Waals surface area contributed by atoms with Crippen molar-refractivity contribution >= 4 is 29.9 Å². The van der Waals surface area contributed by atoms with Crippen LogP contribution in [0.2, 0.25) is 0 Å². The highest BCUT2D eigenvalue weighted by Gasteiger charge is 2.18. The molecule has 1 aliphatic heterocycles. The van der Waals surface area contributed by atoms with E-state index < -0.39 is 0 Å². The van der Waals surface area contributed by atoms with Crippen LogP contribution in [0.25, 0.3) is 0 Å². The summed E-state index contributed by atoms with van der Waals surface area (Å²) < 4.78 is 11.2. The minimum absolute atomic E-state index is 0. The van der Waals surface area contributed by atoms with Gasteiger partial charge in [-0.25, -0.2) is 0 Å². The number of rotatable bonds is 7. The van der Waals surface area contributed by atoms with Crippen LogP contribution in [0.15, 0.2) is 29.3 Å². The number of para-hydroxylation sites is 1. The topological polar surface area (TPSA) is 46.1 Å². The largest absolute Gasteiger partial charge is 0.493 e. The van der Waals surface area contributed by atoms with Crippen molar-refractivity contribution in [3.05, 3.63) is 29.8 Å². The van der Waals surface area contributed by atoms with E-state index in [-0.39, 0.29) is 24.0 Å². The minimum Gasteiger partial charge on any atom is -0.493 e. The Bertz CT molecular complexity index is 505. The highest BCUT2D eigenvalue weighted by molar-refractivity contribution is 14.0. The summed E-state index contributed by atoms with van der Waals surface area (Å²) in [5.74, 6) is 2.52. The van der Waals surface area contributed by atoms with Crippen molar-refractivity contribution in [1.29, 1.82) is 0 Å². The molecule has 0 aromatic heterocycles. The van der Waals surface area contributed by atoms with Crippen LogP contribution in [-0.4, -0.2) is 57.9 Å². The molecule has 0 saturated carbocycles. The third kappa shape index (κ3) is 6.84. The molecule has 1 aromatic carbocycles. The fraction of sp³-hybridized carbons (Fsp3) is 0.611. The fourth-order valence-corrected chi connectivity index (χ4v) is 2.76. The molecule has 136 valence electrons. The maximum atomic E-state index is 5.81. The zero-order chi connectivity index (χ0) is 16.5. The Morgan fingerprint density at radius 1 is 1.42 bits per heavy atom. The van der Waals surface area contributed by atoms with Gasteiger partial charge in [0.15, 0.2) is 5.96 Å². The Morgan fingerprint density at radius 3 is 2.88 bits per heavy atom. The number of benzene rings is 1. The molecule has 0 bridgehead atoms. The third-order valence-corrected chi connectivity index (χ3v) is 4.08. The van der Waals surface area contributed by atoms with Gasteiger partial charge < -0.3 is 19.7 Å². The summed E-state index contributed by atoms with van der Waals surface area (Å²) in [6.45, 7) is 6.36. The molecule has 0 amide bonds. The molecule has 24 heavy (non-hydrogen) atoms. The van der Waals surface area contributed by atoms with E-state index in [9.17, 15) is 0 Å².